The zero-order valence-corrected chi connectivity index (χ0v) is 16.1. The summed E-state index contributed by atoms with van der Waals surface area (Å²) in [6.45, 7) is 0.203. The summed E-state index contributed by atoms with van der Waals surface area (Å²) in [6, 6.07) is 8.48. The Morgan fingerprint density at radius 2 is 2.07 bits per heavy atom. The molecule has 156 valence electrons. The van der Waals surface area contributed by atoms with E-state index < -0.39 is 11.7 Å². The highest BCUT2D eigenvalue weighted by Gasteiger charge is 2.34. The summed E-state index contributed by atoms with van der Waals surface area (Å²) >= 11 is 0. The molecular formula is C21H19F3N4O2. The zero-order chi connectivity index (χ0) is 21.3. The fourth-order valence-corrected chi connectivity index (χ4v) is 3.32. The summed E-state index contributed by atoms with van der Waals surface area (Å²) in [5.74, 6) is 0.164. The van der Waals surface area contributed by atoms with Crippen molar-refractivity contribution in [1.82, 2.24) is 20.1 Å². The summed E-state index contributed by atoms with van der Waals surface area (Å²) < 4.78 is 45.9. The number of carbonyl (C=O) groups is 1. The molecule has 1 aromatic carbocycles. The number of hydrogen-bond acceptors (Lipinski definition) is 4. The van der Waals surface area contributed by atoms with Gasteiger partial charge in [0, 0.05) is 24.2 Å². The van der Waals surface area contributed by atoms with E-state index in [4.69, 9.17) is 4.74 Å². The molecule has 30 heavy (non-hydrogen) atoms. The molecule has 1 N–H and O–H groups in total. The van der Waals surface area contributed by atoms with Gasteiger partial charge in [-0.15, -0.1) is 0 Å². The number of nitrogens with zero attached hydrogens (tertiary/aromatic N) is 3. The average molecular weight is 416 g/mol. The summed E-state index contributed by atoms with van der Waals surface area (Å²) in [6.07, 6.45) is 0.271. The SMILES string of the molecule is COc1ncccc1CNC(=O)c1cnn(-c2cccc(C(F)(F)F)c2)c1C1CC1. The Hall–Kier alpha value is -3.36. The number of halogens is 3. The maximum atomic E-state index is 13.1. The smallest absolute Gasteiger partial charge is 0.416 e. The van der Waals surface area contributed by atoms with Crippen LogP contribution in [0.15, 0.2) is 48.8 Å². The second-order valence-electron chi connectivity index (χ2n) is 7.03. The lowest BCUT2D eigenvalue weighted by Crippen LogP contribution is -2.24. The van der Waals surface area contributed by atoms with E-state index >= 15 is 0 Å². The monoisotopic (exact) mass is 416 g/mol. The van der Waals surface area contributed by atoms with Crippen LogP contribution in [0.3, 0.4) is 0 Å². The van der Waals surface area contributed by atoms with Crippen LogP contribution >= 0.6 is 0 Å². The van der Waals surface area contributed by atoms with Gasteiger partial charge in [0.2, 0.25) is 5.88 Å². The van der Waals surface area contributed by atoms with E-state index in [1.54, 1.807) is 24.4 Å². The molecule has 0 saturated heterocycles. The predicted octanol–water partition coefficient (Wildman–Crippen LogP) is 4.10. The Labute approximate surface area is 170 Å². The molecule has 6 nitrogen and oxygen atoms in total. The van der Waals surface area contributed by atoms with Gasteiger partial charge in [-0.3, -0.25) is 4.79 Å². The highest BCUT2D eigenvalue weighted by molar-refractivity contribution is 5.95. The Morgan fingerprint density at radius 1 is 1.27 bits per heavy atom. The number of alkyl halides is 3. The normalized spacial score (nSPS) is 13.9. The number of amides is 1. The number of methoxy groups -OCH3 is 1. The molecule has 0 radical (unpaired) electrons. The van der Waals surface area contributed by atoms with Crippen LogP contribution in [0.2, 0.25) is 0 Å². The summed E-state index contributed by atoms with van der Waals surface area (Å²) in [5.41, 5.74) is 1.22. The molecular weight excluding hydrogens is 397 g/mol. The van der Waals surface area contributed by atoms with Gasteiger partial charge in [0.05, 0.1) is 35.8 Å². The lowest BCUT2D eigenvalue weighted by molar-refractivity contribution is -0.137. The molecule has 9 heteroatoms. The first-order valence-electron chi connectivity index (χ1n) is 9.40. The van der Waals surface area contributed by atoms with Gasteiger partial charge in [0.25, 0.3) is 5.91 Å². The number of rotatable bonds is 6. The minimum absolute atomic E-state index is 0.0933. The lowest BCUT2D eigenvalue weighted by atomic mass is 10.1. The van der Waals surface area contributed by atoms with Crippen molar-refractivity contribution < 1.29 is 22.7 Å². The van der Waals surface area contributed by atoms with Crippen molar-refractivity contribution in [2.45, 2.75) is 31.5 Å². The van der Waals surface area contributed by atoms with Crippen LogP contribution in [0.5, 0.6) is 5.88 Å². The van der Waals surface area contributed by atoms with Crippen LogP contribution in [-0.2, 0) is 12.7 Å². The third kappa shape index (κ3) is 4.00. The molecule has 2 aromatic heterocycles. The predicted molar refractivity (Wildman–Crippen MR) is 103 cm³/mol. The molecule has 0 bridgehead atoms. The number of pyridine rings is 1. The van der Waals surface area contributed by atoms with Crippen LogP contribution in [0, 0.1) is 0 Å². The number of benzene rings is 1. The van der Waals surface area contributed by atoms with Gasteiger partial charge in [-0.1, -0.05) is 12.1 Å². The van der Waals surface area contributed by atoms with Gasteiger partial charge >= 0.3 is 6.18 Å². The van der Waals surface area contributed by atoms with Crippen molar-refractivity contribution in [2.24, 2.45) is 0 Å². The maximum Gasteiger partial charge on any atom is 0.416 e. The van der Waals surface area contributed by atoms with Crippen molar-refractivity contribution in [1.29, 1.82) is 0 Å². The highest BCUT2D eigenvalue weighted by Crippen LogP contribution is 2.43. The Morgan fingerprint density at radius 3 is 2.77 bits per heavy atom. The second-order valence-corrected chi connectivity index (χ2v) is 7.03. The van der Waals surface area contributed by atoms with Gasteiger partial charge < -0.3 is 10.1 Å². The number of aromatic nitrogens is 3. The van der Waals surface area contributed by atoms with Crippen LogP contribution in [-0.4, -0.2) is 27.8 Å². The molecule has 3 aromatic rings. The molecule has 0 spiro atoms. The molecule has 0 atom stereocenters. The standard InChI is InChI=1S/C21H19F3N4O2/c1-30-20-14(4-3-9-25-20)11-26-19(29)17-12-27-28(18(17)13-7-8-13)16-6-2-5-15(10-16)21(22,23)24/h2-6,9-10,12-13H,7-8,11H2,1H3,(H,26,29). The first-order valence-corrected chi connectivity index (χ1v) is 9.40. The molecule has 1 fully saturated rings. The van der Waals surface area contributed by atoms with Crippen LogP contribution in [0.25, 0.3) is 5.69 Å². The molecule has 0 aliphatic heterocycles. The quantitative estimate of drug-likeness (QED) is 0.657. The van der Waals surface area contributed by atoms with E-state index in [-0.39, 0.29) is 24.1 Å². The van der Waals surface area contributed by atoms with Crippen molar-refractivity contribution in [3.8, 4) is 11.6 Å². The minimum Gasteiger partial charge on any atom is -0.481 e. The fraction of sp³-hybridized carbons (Fsp3) is 0.286. The molecule has 1 saturated carbocycles. The fourth-order valence-electron chi connectivity index (χ4n) is 3.32. The number of ether oxygens (including phenoxy) is 1. The lowest BCUT2D eigenvalue weighted by Gasteiger charge is -2.12. The van der Waals surface area contributed by atoms with Gasteiger partial charge in [0.1, 0.15) is 0 Å². The van der Waals surface area contributed by atoms with Crippen LogP contribution in [0.4, 0.5) is 13.2 Å². The Bertz CT molecular complexity index is 1070. The second kappa shape index (κ2) is 7.81. The number of carbonyl (C=O) groups excluding carboxylic acids is 1. The van der Waals surface area contributed by atoms with Crippen molar-refractivity contribution in [3.05, 3.63) is 71.2 Å². The van der Waals surface area contributed by atoms with E-state index in [2.05, 4.69) is 15.4 Å². The maximum absolute atomic E-state index is 13.1. The summed E-state index contributed by atoms with van der Waals surface area (Å²) in [7, 11) is 1.50. The first-order chi connectivity index (χ1) is 14.4. The van der Waals surface area contributed by atoms with Gasteiger partial charge in [0.15, 0.2) is 0 Å². The molecule has 2 heterocycles. The van der Waals surface area contributed by atoms with Crippen LogP contribution in [0.1, 0.15) is 45.9 Å². The molecule has 4 rings (SSSR count). The summed E-state index contributed by atoms with van der Waals surface area (Å²) in [4.78, 5) is 16.9. The van der Waals surface area contributed by atoms with Crippen molar-refractivity contribution in [2.75, 3.05) is 7.11 Å². The molecule has 0 unspecified atom stereocenters. The Balaban J connectivity index is 1.61. The van der Waals surface area contributed by atoms with E-state index in [0.717, 1.165) is 25.0 Å². The van der Waals surface area contributed by atoms with Gasteiger partial charge in [-0.05, 0) is 37.1 Å². The van der Waals surface area contributed by atoms with Crippen molar-refractivity contribution >= 4 is 5.91 Å². The average Bonchev–Trinajstić information content (AvgIpc) is 3.49. The number of nitrogens with one attached hydrogen (secondary N) is 1. The van der Waals surface area contributed by atoms with Crippen LogP contribution < -0.4 is 10.1 Å². The topological polar surface area (TPSA) is 69.0 Å². The van der Waals surface area contributed by atoms with E-state index in [9.17, 15) is 18.0 Å². The number of hydrogen-bond donors (Lipinski definition) is 1. The summed E-state index contributed by atoms with van der Waals surface area (Å²) in [5, 5.41) is 7.05. The minimum atomic E-state index is -4.45. The molecule has 1 amide bonds. The van der Waals surface area contributed by atoms with Gasteiger partial charge in [-0.2, -0.15) is 18.3 Å². The highest BCUT2D eigenvalue weighted by atomic mass is 19.4. The van der Waals surface area contributed by atoms with E-state index in [1.165, 1.54) is 24.1 Å². The Kier molecular flexibility index (Phi) is 5.19. The third-order valence-corrected chi connectivity index (χ3v) is 4.92. The van der Waals surface area contributed by atoms with Crippen molar-refractivity contribution in [3.63, 3.8) is 0 Å². The first kappa shape index (κ1) is 19.9. The van der Waals surface area contributed by atoms with E-state index in [1.807, 2.05) is 0 Å². The molecule has 1 aliphatic rings. The molecule has 1 aliphatic carbocycles. The van der Waals surface area contributed by atoms with Gasteiger partial charge in [-0.25, -0.2) is 9.67 Å². The third-order valence-electron chi connectivity index (χ3n) is 4.92. The van der Waals surface area contributed by atoms with E-state index in [0.29, 0.717) is 22.7 Å². The zero-order valence-electron chi connectivity index (χ0n) is 16.1. The largest absolute Gasteiger partial charge is 0.481 e.